The van der Waals surface area contributed by atoms with Crippen LogP contribution in [0.3, 0.4) is 0 Å². The van der Waals surface area contributed by atoms with Gasteiger partial charge >= 0.3 is 0 Å². The molecule has 0 bridgehead atoms. The van der Waals surface area contributed by atoms with Crippen LogP contribution in [0.25, 0.3) is 0 Å². The molecular formula is C26H36N4O3S. The average molecular weight is 485 g/mol. The molecule has 1 amide bonds. The highest BCUT2D eigenvalue weighted by Gasteiger charge is 2.20. The maximum atomic E-state index is 12.6. The summed E-state index contributed by atoms with van der Waals surface area (Å²) in [5.74, 6) is -1.01. The van der Waals surface area contributed by atoms with Gasteiger partial charge in [0.15, 0.2) is 0 Å². The minimum atomic E-state index is -3.79. The van der Waals surface area contributed by atoms with E-state index in [1.165, 1.54) is 49.1 Å². The highest BCUT2D eigenvalue weighted by atomic mass is 32.2. The second kappa shape index (κ2) is 11.1. The van der Waals surface area contributed by atoms with Crippen molar-refractivity contribution in [3.8, 4) is 0 Å². The maximum Gasteiger partial charge on any atom is 0.241 e. The molecule has 0 saturated carbocycles. The number of benzene rings is 2. The molecule has 8 heteroatoms. The predicted molar refractivity (Wildman–Crippen MR) is 139 cm³/mol. The van der Waals surface area contributed by atoms with Crippen LogP contribution in [0.1, 0.15) is 44.1 Å². The summed E-state index contributed by atoms with van der Waals surface area (Å²) < 4.78 is 27.7. The van der Waals surface area contributed by atoms with Gasteiger partial charge in [-0.3, -0.25) is 9.52 Å². The second-order valence-electron chi connectivity index (χ2n) is 9.42. The van der Waals surface area contributed by atoms with Gasteiger partial charge in [0.2, 0.25) is 15.9 Å². The van der Waals surface area contributed by atoms with Crippen LogP contribution in [0.15, 0.2) is 48.5 Å². The molecule has 4 rings (SSSR count). The summed E-state index contributed by atoms with van der Waals surface area (Å²) in [6, 6.07) is 15.6. The van der Waals surface area contributed by atoms with Crippen LogP contribution in [0.5, 0.6) is 0 Å². The lowest BCUT2D eigenvalue weighted by Crippen LogP contribution is -2.34. The van der Waals surface area contributed by atoms with Crippen molar-refractivity contribution in [2.45, 2.75) is 45.1 Å². The van der Waals surface area contributed by atoms with Crippen LogP contribution < -0.4 is 14.5 Å². The Hall–Kier alpha value is -2.74. The van der Waals surface area contributed by atoms with E-state index in [1.54, 1.807) is 19.2 Å². The molecule has 0 aliphatic carbocycles. The Morgan fingerprint density at radius 1 is 0.794 bits per heavy atom. The molecule has 0 atom stereocenters. The fraction of sp³-hybridized carbons (Fsp3) is 0.500. The molecule has 2 heterocycles. The topological polar surface area (TPSA) is 73.0 Å². The highest BCUT2D eigenvalue weighted by molar-refractivity contribution is 7.93. The first-order valence-electron chi connectivity index (χ1n) is 12.3. The lowest BCUT2D eigenvalue weighted by atomic mass is 10.1. The fourth-order valence-corrected chi connectivity index (χ4v) is 5.82. The Bertz CT molecular complexity index is 1040. The minimum absolute atomic E-state index is 0.374. The summed E-state index contributed by atoms with van der Waals surface area (Å²) in [6.07, 6.45) is 7.39. The lowest BCUT2D eigenvalue weighted by Gasteiger charge is -2.29. The third-order valence-corrected chi connectivity index (χ3v) is 7.85. The Morgan fingerprint density at radius 2 is 1.26 bits per heavy atom. The first-order chi connectivity index (χ1) is 16.4. The van der Waals surface area contributed by atoms with Crippen molar-refractivity contribution in [1.82, 2.24) is 4.90 Å². The van der Waals surface area contributed by atoms with E-state index in [0.29, 0.717) is 12.2 Å². The summed E-state index contributed by atoms with van der Waals surface area (Å²) in [5, 5.41) is 0. The number of carbonyl (C=O) groups is 1. The van der Waals surface area contributed by atoms with Gasteiger partial charge in [0.25, 0.3) is 0 Å². The third kappa shape index (κ3) is 6.65. The number of nitrogens with one attached hydrogen (secondary N) is 1. The van der Waals surface area contributed by atoms with Crippen LogP contribution in [0.2, 0.25) is 0 Å². The van der Waals surface area contributed by atoms with E-state index < -0.39 is 21.7 Å². The number of rotatable bonds is 8. The van der Waals surface area contributed by atoms with Crippen molar-refractivity contribution in [3.63, 3.8) is 0 Å². The molecule has 0 aromatic heterocycles. The number of piperidine rings is 2. The van der Waals surface area contributed by atoms with Crippen LogP contribution >= 0.6 is 0 Å². The summed E-state index contributed by atoms with van der Waals surface area (Å²) in [7, 11) is -2.15. The first kappa shape index (κ1) is 24.4. The summed E-state index contributed by atoms with van der Waals surface area (Å²) >= 11 is 0. The zero-order valence-corrected chi connectivity index (χ0v) is 20.9. The highest BCUT2D eigenvalue weighted by Crippen LogP contribution is 2.23. The standard InChI is InChI=1S/C26H36N4O3S/c1-28(20-22-8-12-24(13-9-22)29-16-4-2-5-17-29)26(31)21-34(32,33)27-23-10-14-25(15-11-23)30-18-6-3-7-19-30/h8-15,27H,2-7,16-21H2,1H3. The van der Waals surface area contributed by atoms with E-state index in [0.717, 1.165) is 37.4 Å². The van der Waals surface area contributed by atoms with Crippen molar-refractivity contribution in [3.05, 3.63) is 54.1 Å². The zero-order valence-electron chi connectivity index (χ0n) is 20.1. The van der Waals surface area contributed by atoms with Crippen molar-refractivity contribution < 1.29 is 13.2 Å². The Morgan fingerprint density at radius 3 is 1.76 bits per heavy atom. The Kier molecular flexibility index (Phi) is 7.98. The number of carbonyl (C=O) groups excluding carboxylic acids is 1. The van der Waals surface area contributed by atoms with Crippen molar-refractivity contribution in [2.24, 2.45) is 0 Å². The van der Waals surface area contributed by atoms with Crippen LogP contribution in [-0.4, -0.2) is 58.2 Å². The van der Waals surface area contributed by atoms with E-state index in [9.17, 15) is 13.2 Å². The van der Waals surface area contributed by atoms with E-state index in [4.69, 9.17) is 0 Å². The normalized spacial score (nSPS) is 16.9. The van der Waals surface area contributed by atoms with Crippen LogP contribution in [0, 0.1) is 0 Å². The van der Waals surface area contributed by atoms with Crippen molar-refractivity contribution in [1.29, 1.82) is 0 Å². The summed E-state index contributed by atoms with van der Waals surface area (Å²) in [6.45, 7) is 4.62. The van der Waals surface area contributed by atoms with E-state index in [1.807, 2.05) is 24.3 Å². The number of amides is 1. The van der Waals surface area contributed by atoms with E-state index in [2.05, 4.69) is 26.7 Å². The quantitative estimate of drug-likeness (QED) is 0.612. The number of anilines is 3. The molecule has 2 aliphatic rings. The van der Waals surface area contributed by atoms with Gasteiger partial charge in [0.05, 0.1) is 0 Å². The molecule has 7 nitrogen and oxygen atoms in total. The second-order valence-corrected chi connectivity index (χ2v) is 11.1. The smallest absolute Gasteiger partial charge is 0.241 e. The first-order valence-corrected chi connectivity index (χ1v) is 14.0. The van der Waals surface area contributed by atoms with Gasteiger partial charge in [-0.25, -0.2) is 8.42 Å². The Balaban J connectivity index is 1.28. The molecule has 2 fully saturated rings. The van der Waals surface area contributed by atoms with Crippen molar-refractivity contribution in [2.75, 3.05) is 53.5 Å². The van der Waals surface area contributed by atoms with Gasteiger partial charge in [-0.2, -0.15) is 0 Å². The van der Waals surface area contributed by atoms with Gasteiger partial charge in [0, 0.05) is 56.8 Å². The molecule has 1 N–H and O–H groups in total. The molecule has 2 aliphatic heterocycles. The SMILES string of the molecule is CN(Cc1ccc(N2CCCCC2)cc1)C(=O)CS(=O)(=O)Nc1ccc(N2CCCCC2)cc1. The number of hydrogen-bond donors (Lipinski definition) is 1. The maximum absolute atomic E-state index is 12.6. The monoisotopic (exact) mass is 484 g/mol. The molecule has 184 valence electrons. The predicted octanol–water partition coefficient (Wildman–Crippen LogP) is 4.07. The van der Waals surface area contributed by atoms with Gasteiger partial charge < -0.3 is 14.7 Å². The average Bonchev–Trinajstić information content (AvgIpc) is 2.85. The van der Waals surface area contributed by atoms with Gasteiger partial charge in [-0.1, -0.05) is 12.1 Å². The summed E-state index contributed by atoms with van der Waals surface area (Å²) in [4.78, 5) is 18.8. The number of nitrogens with zero attached hydrogens (tertiary/aromatic N) is 3. The van der Waals surface area contributed by atoms with E-state index in [-0.39, 0.29) is 0 Å². The number of sulfonamides is 1. The van der Waals surface area contributed by atoms with Gasteiger partial charge in [0.1, 0.15) is 5.75 Å². The zero-order chi connectivity index (χ0) is 24.0. The lowest BCUT2D eigenvalue weighted by molar-refractivity contribution is -0.127. The largest absolute Gasteiger partial charge is 0.372 e. The van der Waals surface area contributed by atoms with Gasteiger partial charge in [-0.15, -0.1) is 0 Å². The molecule has 2 saturated heterocycles. The summed E-state index contributed by atoms with van der Waals surface area (Å²) in [5.41, 5.74) is 3.76. The van der Waals surface area contributed by atoms with Crippen molar-refractivity contribution >= 4 is 33.0 Å². The van der Waals surface area contributed by atoms with E-state index >= 15 is 0 Å². The molecule has 0 spiro atoms. The molecule has 0 radical (unpaired) electrons. The van der Waals surface area contributed by atoms with Crippen LogP contribution in [0.4, 0.5) is 17.1 Å². The fourth-order valence-electron chi connectivity index (χ4n) is 4.71. The minimum Gasteiger partial charge on any atom is -0.372 e. The molecule has 2 aromatic carbocycles. The third-order valence-electron chi connectivity index (χ3n) is 6.68. The molecular weight excluding hydrogens is 448 g/mol. The molecule has 34 heavy (non-hydrogen) atoms. The van der Waals surface area contributed by atoms with Crippen LogP contribution in [-0.2, 0) is 21.4 Å². The number of hydrogen-bond acceptors (Lipinski definition) is 5. The molecule has 2 aromatic rings. The Labute approximate surface area is 203 Å². The van der Waals surface area contributed by atoms with Gasteiger partial charge in [-0.05, 0) is 80.5 Å². The molecule has 0 unspecified atom stereocenters.